The summed E-state index contributed by atoms with van der Waals surface area (Å²) in [4.78, 5) is 30.4. The molecule has 37 heavy (non-hydrogen) atoms. The number of sulfone groups is 1. The van der Waals surface area contributed by atoms with Crippen LogP contribution in [0.15, 0.2) is 46.4 Å². The van der Waals surface area contributed by atoms with Crippen molar-refractivity contribution in [1.82, 2.24) is 14.9 Å². The highest BCUT2D eigenvalue weighted by Crippen LogP contribution is 2.33. The highest BCUT2D eigenvalue weighted by molar-refractivity contribution is 7.92. The minimum absolute atomic E-state index is 0.0751. The summed E-state index contributed by atoms with van der Waals surface area (Å²) in [5.41, 5.74) is 0.926. The van der Waals surface area contributed by atoms with Crippen molar-refractivity contribution in [3.63, 3.8) is 0 Å². The van der Waals surface area contributed by atoms with Crippen molar-refractivity contribution in [3.8, 4) is 0 Å². The summed E-state index contributed by atoms with van der Waals surface area (Å²) in [6.45, 7) is 2.91. The molecule has 3 N–H and O–H groups in total. The molecule has 11 nitrogen and oxygen atoms in total. The highest BCUT2D eigenvalue weighted by atomic mass is 32.2. The van der Waals surface area contributed by atoms with Crippen LogP contribution in [0.3, 0.4) is 0 Å². The van der Waals surface area contributed by atoms with Crippen LogP contribution in [0.4, 0.5) is 10.9 Å². The van der Waals surface area contributed by atoms with E-state index in [-0.39, 0.29) is 22.5 Å². The molecule has 1 saturated carbocycles. The lowest BCUT2D eigenvalue weighted by molar-refractivity contribution is -0.110. The molecule has 3 aromatic rings. The maximum atomic E-state index is 13.2. The first kappa shape index (κ1) is 26.9. The van der Waals surface area contributed by atoms with Crippen molar-refractivity contribution in [2.24, 2.45) is 5.16 Å². The highest BCUT2D eigenvalue weighted by Gasteiger charge is 2.36. The molecule has 0 unspecified atom stereocenters. The van der Waals surface area contributed by atoms with E-state index in [1.807, 2.05) is 26.2 Å². The fraction of sp³-hybridized carbons (Fsp3) is 0.417. The number of aromatic nitrogens is 2. The average Bonchev–Trinajstić information content (AvgIpc) is 3.65. The Morgan fingerprint density at radius 3 is 2.59 bits per heavy atom. The Labute approximate surface area is 219 Å². The molecule has 2 heterocycles. The predicted molar refractivity (Wildman–Crippen MR) is 144 cm³/mol. The van der Waals surface area contributed by atoms with E-state index in [1.54, 1.807) is 6.92 Å². The molecule has 2 aromatic heterocycles. The smallest absolute Gasteiger partial charge is 0.280 e. The molecule has 0 spiro atoms. The molecular weight excluding hydrogens is 516 g/mol. The van der Waals surface area contributed by atoms with Gasteiger partial charge in [0, 0.05) is 18.7 Å². The number of oxime groups is 1. The Balaban J connectivity index is 1.53. The number of hydrogen-bond acceptors (Lipinski definition) is 11. The Morgan fingerprint density at radius 2 is 1.95 bits per heavy atom. The summed E-state index contributed by atoms with van der Waals surface area (Å²) < 4.78 is 25.0. The number of thiazole rings is 1. The zero-order valence-corrected chi connectivity index (χ0v) is 22.5. The van der Waals surface area contributed by atoms with Crippen LogP contribution in [0.25, 0.3) is 10.3 Å². The lowest BCUT2D eigenvalue weighted by Gasteiger charge is -2.10. The molecule has 198 valence electrons. The Hall–Kier alpha value is -3.13. The minimum atomic E-state index is -3.36. The first-order chi connectivity index (χ1) is 17.7. The van der Waals surface area contributed by atoms with Gasteiger partial charge in [-0.15, -0.1) is 0 Å². The van der Waals surface area contributed by atoms with E-state index in [2.05, 4.69) is 30.7 Å². The van der Waals surface area contributed by atoms with Crippen LogP contribution in [-0.2, 0) is 19.5 Å². The van der Waals surface area contributed by atoms with Crippen LogP contribution in [0.5, 0.6) is 0 Å². The Bertz CT molecular complexity index is 1380. The minimum Gasteiger partial charge on any atom is -0.392 e. The number of nitrogens with one attached hydrogen (secondary N) is 2. The van der Waals surface area contributed by atoms with Gasteiger partial charge < -0.3 is 20.2 Å². The van der Waals surface area contributed by atoms with Crippen LogP contribution < -0.4 is 10.6 Å². The van der Waals surface area contributed by atoms with Gasteiger partial charge in [0.1, 0.15) is 22.3 Å². The first-order valence-corrected chi connectivity index (χ1v) is 14.2. The molecule has 4 rings (SSSR count). The maximum absolute atomic E-state index is 13.2. The average molecular weight is 547 g/mol. The van der Waals surface area contributed by atoms with E-state index >= 15 is 0 Å². The monoisotopic (exact) mass is 546 g/mol. The Kier molecular flexibility index (Phi) is 8.37. The largest absolute Gasteiger partial charge is 0.392 e. The van der Waals surface area contributed by atoms with E-state index in [1.165, 1.54) is 35.6 Å². The third kappa shape index (κ3) is 6.80. The fourth-order valence-electron chi connectivity index (χ4n) is 3.31. The number of likely N-dealkylation sites (N-methyl/N-ethyl adjacent to an activating group) is 1. The lowest BCUT2D eigenvalue weighted by Crippen LogP contribution is -2.25. The molecule has 1 aliphatic carbocycles. The molecule has 1 fully saturated rings. The first-order valence-electron chi connectivity index (χ1n) is 11.8. The normalized spacial score (nSPS) is 15.1. The van der Waals surface area contributed by atoms with Gasteiger partial charge in [-0.2, -0.15) is 0 Å². The van der Waals surface area contributed by atoms with E-state index in [9.17, 15) is 18.3 Å². The van der Waals surface area contributed by atoms with E-state index in [0.717, 1.165) is 13.1 Å². The van der Waals surface area contributed by atoms with Gasteiger partial charge in [0.2, 0.25) is 0 Å². The number of aliphatic hydroxyl groups is 1. The number of nitrogens with zero attached hydrogens (tertiary/aromatic N) is 4. The van der Waals surface area contributed by atoms with E-state index < -0.39 is 21.8 Å². The van der Waals surface area contributed by atoms with Gasteiger partial charge in [0.25, 0.3) is 5.91 Å². The number of fused-ring (bicyclic) bond motifs is 1. The van der Waals surface area contributed by atoms with Gasteiger partial charge in [0.05, 0.1) is 16.8 Å². The van der Waals surface area contributed by atoms with Crippen LogP contribution >= 0.6 is 11.3 Å². The van der Waals surface area contributed by atoms with Crippen molar-refractivity contribution < 1.29 is 23.2 Å². The van der Waals surface area contributed by atoms with E-state index in [0.29, 0.717) is 39.7 Å². The number of benzene rings is 1. The van der Waals surface area contributed by atoms with Gasteiger partial charge in [-0.25, -0.2) is 18.4 Å². The summed E-state index contributed by atoms with van der Waals surface area (Å²) in [5, 5.41) is 19.2. The quantitative estimate of drug-likeness (QED) is 0.230. The zero-order chi connectivity index (χ0) is 26.6. The number of rotatable bonds is 12. The molecule has 13 heteroatoms. The molecule has 1 atom stereocenters. The molecule has 1 aliphatic rings. The number of hydrogen-bond donors (Lipinski definition) is 3. The molecule has 1 amide bonds. The van der Waals surface area contributed by atoms with Gasteiger partial charge in [-0.1, -0.05) is 28.6 Å². The second-order valence-corrected chi connectivity index (χ2v) is 12.2. The van der Waals surface area contributed by atoms with Crippen LogP contribution in [0.1, 0.15) is 25.3 Å². The number of pyridine rings is 1. The molecule has 0 radical (unpaired) electrons. The van der Waals surface area contributed by atoms with Crippen molar-refractivity contribution in [1.29, 1.82) is 0 Å². The summed E-state index contributed by atoms with van der Waals surface area (Å²) in [5.74, 6) is 0.122. The number of carbonyl (C=O) groups excluding carboxylic acids is 1. The van der Waals surface area contributed by atoms with Crippen molar-refractivity contribution in [3.05, 3.63) is 42.0 Å². The third-order valence-electron chi connectivity index (χ3n) is 5.56. The van der Waals surface area contributed by atoms with Crippen LogP contribution in [0, 0.1) is 0 Å². The number of anilines is 2. The van der Waals surface area contributed by atoms with Crippen molar-refractivity contribution >= 4 is 54.1 Å². The summed E-state index contributed by atoms with van der Waals surface area (Å²) >= 11 is 1.22. The zero-order valence-electron chi connectivity index (χ0n) is 20.8. The van der Waals surface area contributed by atoms with E-state index in [4.69, 9.17) is 4.84 Å². The topological polar surface area (TPSA) is 146 Å². The van der Waals surface area contributed by atoms with Gasteiger partial charge in [-0.3, -0.25) is 10.1 Å². The molecule has 1 aromatic carbocycles. The molecule has 0 saturated heterocycles. The standard InChI is InChI=1S/C24H30N6O5S2/c1-15(14-31)35-29-21(16-4-6-17(7-5-16)37(33,34)18-8-9-18)22(32)28-24-26-19-10-11-20(27-23(19)36-24)25-12-13-30(2)3/h4-7,10-11,15,18,31H,8-9,12-14H2,1-3H3,(H,25,27)(H,26,28,32)/t15-/m1/s1. The summed E-state index contributed by atoms with van der Waals surface area (Å²) in [6.07, 6.45) is 0.690. The number of carbonyl (C=O) groups is 1. The maximum Gasteiger partial charge on any atom is 0.280 e. The van der Waals surface area contributed by atoms with Crippen molar-refractivity contribution in [2.45, 2.75) is 36.0 Å². The molecule has 0 bridgehead atoms. The van der Waals surface area contributed by atoms with Gasteiger partial charge in [-0.05, 0) is 58.1 Å². The van der Waals surface area contributed by atoms with Crippen LogP contribution in [-0.4, -0.2) is 85.2 Å². The van der Waals surface area contributed by atoms with Gasteiger partial charge in [0.15, 0.2) is 20.7 Å². The van der Waals surface area contributed by atoms with Crippen LogP contribution in [0.2, 0.25) is 0 Å². The number of amides is 1. The summed E-state index contributed by atoms with van der Waals surface area (Å²) in [7, 11) is 0.625. The molecule has 0 aliphatic heterocycles. The molecular formula is C24H30N6O5S2. The van der Waals surface area contributed by atoms with Gasteiger partial charge >= 0.3 is 0 Å². The van der Waals surface area contributed by atoms with Crippen molar-refractivity contribution in [2.75, 3.05) is 44.4 Å². The second-order valence-electron chi connectivity index (χ2n) is 9.03. The third-order valence-corrected chi connectivity index (χ3v) is 8.72. The second kappa shape index (κ2) is 11.5. The summed E-state index contributed by atoms with van der Waals surface area (Å²) in [6, 6.07) is 9.63. The SMILES string of the molecule is C[C@H](CO)ON=C(C(=O)Nc1nc2ccc(NCCN(C)C)nc2s1)c1ccc(S(=O)(=O)C2CC2)cc1. The Morgan fingerprint density at radius 1 is 1.22 bits per heavy atom. The fourth-order valence-corrected chi connectivity index (χ4v) is 5.80. The predicted octanol–water partition coefficient (Wildman–Crippen LogP) is 2.34. The number of aliphatic hydroxyl groups excluding tert-OH is 1. The lowest BCUT2D eigenvalue weighted by atomic mass is 10.1.